The summed E-state index contributed by atoms with van der Waals surface area (Å²) in [5.74, 6) is 0. The highest BCUT2D eigenvalue weighted by Gasteiger charge is 2.27. The molecule has 1 aliphatic carbocycles. The minimum Gasteiger partial charge on any atom is -0.300 e. The second-order valence-electron chi connectivity index (χ2n) is 5.59. The maximum Gasteiger partial charge on any atom is 0.130 e. The number of piperidine rings is 1. The van der Waals surface area contributed by atoms with E-state index in [2.05, 4.69) is 16.0 Å². The Balaban J connectivity index is 1.50. The molecule has 0 unspecified atom stereocenters. The molecule has 104 valence electrons. The van der Waals surface area contributed by atoms with Crippen LogP contribution in [0, 0.1) is 0 Å². The average Bonchev–Trinajstić information content (AvgIpc) is 2.94. The van der Waals surface area contributed by atoms with Crippen LogP contribution in [0.3, 0.4) is 0 Å². The Morgan fingerprint density at radius 2 is 1.84 bits per heavy atom. The van der Waals surface area contributed by atoms with Crippen molar-refractivity contribution >= 4 is 23.4 Å². The Morgan fingerprint density at radius 1 is 1.11 bits per heavy atom. The normalized spacial score (nSPS) is 23.0. The van der Waals surface area contributed by atoms with Gasteiger partial charge in [0.25, 0.3) is 0 Å². The van der Waals surface area contributed by atoms with Crippen LogP contribution in [0.25, 0.3) is 0 Å². The Morgan fingerprint density at radius 3 is 2.53 bits per heavy atom. The predicted octanol–water partition coefficient (Wildman–Crippen LogP) is 4.23. The number of halogens is 1. The van der Waals surface area contributed by atoms with E-state index in [0.717, 1.165) is 11.1 Å². The van der Waals surface area contributed by atoms with Crippen molar-refractivity contribution in [3.05, 3.63) is 23.4 Å². The monoisotopic (exact) mass is 296 g/mol. The van der Waals surface area contributed by atoms with Gasteiger partial charge in [-0.25, -0.2) is 4.98 Å². The van der Waals surface area contributed by atoms with E-state index in [0.29, 0.717) is 10.4 Å². The molecule has 0 bridgehead atoms. The molecule has 1 aromatic rings. The summed E-state index contributed by atoms with van der Waals surface area (Å²) in [6.45, 7) is 2.53. The van der Waals surface area contributed by atoms with Gasteiger partial charge in [0, 0.05) is 11.3 Å². The predicted molar refractivity (Wildman–Crippen MR) is 82.0 cm³/mol. The number of hydrogen-bond donors (Lipinski definition) is 0. The highest BCUT2D eigenvalue weighted by atomic mass is 35.5. The molecule has 3 rings (SSSR count). The molecule has 1 aromatic heterocycles. The van der Waals surface area contributed by atoms with Crippen LogP contribution in [-0.4, -0.2) is 34.3 Å². The van der Waals surface area contributed by atoms with Gasteiger partial charge in [-0.2, -0.15) is 0 Å². The van der Waals surface area contributed by atoms with E-state index in [1.807, 2.05) is 23.9 Å². The summed E-state index contributed by atoms with van der Waals surface area (Å²) in [7, 11) is 0. The maximum atomic E-state index is 5.94. The zero-order chi connectivity index (χ0) is 13.1. The van der Waals surface area contributed by atoms with Crippen LogP contribution in [-0.2, 0) is 0 Å². The molecule has 0 amide bonds. The van der Waals surface area contributed by atoms with Crippen LogP contribution in [0.4, 0.5) is 0 Å². The van der Waals surface area contributed by atoms with Crippen LogP contribution < -0.4 is 0 Å². The van der Waals surface area contributed by atoms with Gasteiger partial charge in [-0.3, -0.25) is 0 Å². The molecule has 0 radical (unpaired) electrons. The summed E-state index contributed by atoms with van der Waals surface area (Å²) in [6, 6.07) is 6.79. The fourth-order valence-electron chi connectivity index (χ4n) is 3.25. The van der Waals surface area contributed by atoms with Gasteiger partial charge in [0.05, 0.1) is 5.03 Å². The molecule has 4 heteroatoms. The van der Waals surface area contributed by atoms with Gasteiger partial charge in [0.1, 0.15) is 5.15 Å². The lowest BCUT2D eigenvalue weighted by Gasteiger charge is -2.35. The first-order valence-electron chi connectivity index (χ1n) is 7.34. The Kier molecular flexibility index (Phi) is 4.67. The average molecular weight is 297 g/mol. The second kappa shape index (κ2) is 6.47. The Hall–Kier alpha value is -0.250. The summed E-state index contributed by atoms with van der Waals surface area (Å²) < 4.78 is 0. The van der Waals surface area contributed by atoms with Gasteiger partial charge < -0.3 is 4.90 Å². The number of thioether (sulfide) groups is 1. The van der Waals surface area contributed by atoms with Crippen molar-refractivity contribution in [2.45, 2.75) is 54.8 Å². The van der Waals surface area contributed by atoms with Crippen LogP contribution >= 0.6 is 23.4 Å². The molecule has 0 aromatic carbocycles. The highest BCUT2D eigenvalue weighted by Crippen LogP contribution is 2.32. The number of hydrogen-bond acceptors (Lipinski definition) is 3. The van der Waals surface area contributed by atoms with E-state index >= 15 is 0 Å². The summed E-state index contributed by atoms with van der Waals surface area (Å²) in [5, 5.41) is 2.39. The fourth-order valence-corrected chi connectivity index (χ4v) is 4.56. The molecule has 19 heavy (non-hydrogen) atoms. The summed E-state index contributed by atoms with van der Waals surface area (Å²) >= 11 is 7.84. The molecule has 2 nitrogen and oxygen atoms in total. The molecule has 2 heterocycles. The van der Waals surface area contributed by atoms with Crippen molar-refractivity contribution in [1.29, 1.82) is 0 Å². The molecule has 2 aliphatic rings. The molecular formula is C15H21ClN2S. The third kappa shape index (κ3) is 3.65. The smallest absolute Gasteiger partial charge is 0.130 e. The zero-order valence-electron chi connectivity index (χ0n) is 11.2. The minimum atomic E-state index is 0.605. The van der Waals surface area contributed by atoms with Gasteiger partial charge >= 0.3 is 0 Å². The van der Waals surface area contributed by atoms with Crippen molar-refractivity contribution in [3.8, 4) is 0 Å². The van der Waals surface area contributed by atoms with Crippen LogP contribution in [0.1, 0.15) is 38.5 Å². The first-order chi connectivity index (χ1) is 9.31. The first-order valence-corrected chi connectivity index (χ1v) is 8.60. The van der Waals surface area contributed by atoms with Crippen LogP contribution in [0.2, 0.25) is 5.15 Å². The Labute approximate surface area is 124 Å². The van der Waals surface area contributed by atoms with Gasteiger partial charge in [0.2, 0.25) is 0 Å². The van der Waals surface area contributed by atoms with Crippen molar-refractivity contribution < 1.29 is 0 Å². The quantitative estimate of drug-likeness (QED) is 0.776. The second-order valence-corrected chi connectivity index (χ2v) is 7.30. The number of pyridine rings is 1. The topological polar surface area (TPSA) is 16.1 Å². The van der Waals surface area contributed by atoms with E-state index in [1.165, 1.54) is 51.6 Å². The molecule has 1 saturated heterocycles. The number of likely N-dealkylation sites (tertiary alicyclic amines) is 1. The maximum absolute atomic E-state index is 5.94. The fraction of sp³-hybridized carbons (Fsp3) is 0.667. The standard InChI is InChI=1S/C15H21ClN2S/c16-14-6-3-7-15(17-14)19-13-8-10-18(11-9-13)12-4-1-2-5-12/h3,6-7,12-13H,1-2,4-5,8-11H2. The van der Waals surface area contributed by atoms with Crippen molar-refractivity contribution in [3.63, 3.8) is 0 Å². The van der Waals surface area contributed by atoms with Crippen molar-refractivity contribution in [2.24, 2.45) is 0 Å². The van der Waals surface area contributed by atoms with Crippen molar-refractivity contribution in [1.82, 2.24) is 9.88 Å². The third-order valence-electron chi connectivity index (χ3n) is 4.29. The SMILES string of the molecule is Clc1cccc(SC2CCN(C3CCCC3)CC2)n1. The zero-order valence-corrected chi connectivity index (χ0v) is 12.8. The lowest BCUT2D eigenvalue weighted by Crippen LogP contribution is -2.40. The largest absolute Gasteiger partial charge is 0.300 e. The van der Waals surface area contributed by atoms with E-state index in [4.69, 9.17) is 11.6 Å². The molecular weight excluding hydrogens is 276 g/mol. The van der Waals surface area contributed by atoms with Gasteiger partial charge in [-0.1, -0.05) is 30.5 Å². The lowest BCUT2D eigenvalue weighted by atomic mass is 10.1. The number of aromatic nitrogens is 1. The molecule has 0 atom stereocenters. The first kappa shape index (κ1) is 13.7. The van der Waals surface area contributed by atoms with E-state index in [9.17, 15) is 0 Å². The number of rotatable bonds is 3. The van der Waals surface area contributed by atoms with Gasteiger partial charge in [-0.15, -0.1) is 11.8 Å². The van der Waals surface area contributed by atoms with E-state index < -0.39 is 0 Å². The van der Waals surface area contributed by atoms with Gasteiger partial charge in [0.15, 0.2) is 0 Å². The molecule has 1 aliphatic heterocycles. The van der Waals surface area contributed by atoms with E-state index in [-0.39, 0.29) is 0 Å². The summed E-state index contributed by atoms with van der Waals surface area (Å²) in [6.07, 6.45) is 8.30. The molecule has 0 spiro atoms. The van der Waals surface area contributed by atoms with Gasteiger partial charge in [-0.05, 0) is 50.9 Å². The highest BCUT2D eigenvalue weighted by molar-refractivity contribution is 7.99. The van der Waals surface area contributed by atoms with Crippen LogP contribution in [0.5, 0.6) is 0 Å². The molecule has 0 N–H and O–H groups in total. The third-order valence-corrected chi connectivity index (χ3v) is 5.78. The lowest BCUT2D eigenvalue weighted by molar-refractivity contribution is 0.168. The number of nitrogens with zero attached hydrogens (tertiary/aromatic N) is 2. The Bertz CT molecular complexity index is 412. The summed E-state index contributed by atoms with van der Waals surface area (Å²) in [4.78, 5) is 7.10. The van der Waals surface area contributed by atoms with Crippen LogP contribution in [0.15, 0.2) is 23.2 Å². The minimum absolute atomic E-state index is 0.605. The van der Waals surface area contributed by atoms with Crippen molar-refractivity contribution in [2.75, 3.05) is 13.1 Å². The molecule has 2 fully saturated rings. The summed E-state index contributed by atoms with van der Waals surface area (Å²) in [5.41, 5.74) is 0. The molecule has 1 saturated carbocycles. The van der Waals surface area contributed by atoms with E-state index in [1.54, 1.807) is 0 Å².